The predicted octanol–water partition coefficient (Wildman–Crippen LogP) is 2.10. The minimum atomic E-state index is -0.0720. The van der Waals surface area contributed by atoms with Gasteiger partial charge in [-0.2, -0.15) is 0 Å². The highest BCUT2D eigenvalue weighted by molar-refractivity contribution is 7.81. The fourth-order valence-corrected chi connectivity index (χ4v) is 3.85. The summed E-state index contributed by atoms with van der Waals surface area (Å²) in [5.74, 6) is 0.864. The molecule has 0 aromatic heterocycles. The van der Waals surface area contributed by atoms with Gasteiger partial charge in [0.15, 0.2) is 0 Å². The maximum Gasteiger partial charge on any atom is 0.144 e. The van der Waals surface area contributed by atoms with Crippen molar-refractivity contribution in [3.63, 3.8) is 0 Å². The summed E-state index contributed by atoms with van der Waals surface area (Å²) in [5.41, 5.74) is 16.4. The molecule has 4 rings (SSSR count). The zero-order valence-electron chi connectivity index (χ0n) is 15.2. The van der Waals surface area contributed by atoms with Gasteiger partial charge in [-0.05, 0) is 24.3 Å². The molecule has 2 aromatic rings. The SMILES string of the molecule is Nc1cccc(N2CCN(CCOc3cccc4c3NC(S)N4)CC2)c1N. The number of fused-ring (bicyclic) bond motifs is 1. The molecule has 1 unspecified atom stereocenters. The fraction of sp³-hybridized carbons (Fsp3) is 0.368. The normalized spacial score (nSPS) is 19.3. The summed E-state index contributed by atoms with van der Waals surface area (Å²) in [6, 6.07) is 11.8. The Morgan fingerprint density at radius 1 is 1.04 bits per heavy atom. The number of nitrogens with zero attached hydrogens (tertiary/aromatic N) is 2. The second-order valence-electron chi connectivity index (χ2n) is 6.83. The molecule has 0 amide bonds. The number of anilines is 5. The molecule has 0 aliphatic carbocycles. The smallest absolute Gasteiger partial charge is 0.144 e. The second kappa shape index (κ2) is 7.66. The number of hydrogen-bond acceptors (Lipinski definition) is 8. The number of benzene rings is 2. The van der Waals surface area contributed by atoms with Gasteiger partial charge in [0.25, 0.3) is 0 Å². The molecule has 7 nitrogen and oxygen atoms in total. The molecule has 2 aliphatic heterocycles. The molecule has 1 atom stereocenters. The Balaban J connectivity index is 1.27. The van der Waals surface area contributed by atoms with Crippen molar-refractivity contribution in [2.45, 2.75) is 5.50 Å². The van der Waals surface area contributed by atoms with Gasteiger partial charge in [0.05, 0.1) is 22.7 Å². The summed E-state index contributed by atoms with van der Waals surface area (Å²) in [7, 11) is 0. The Kier molecular flexibility index (Phi) is 5.09. The van der Waals surface area contributed by atoms with E-state index in [1.807, 2.05) is 36.4 Å². The number of rotatable bonds is 5. The Bertz CT molecular complexity index is 809. The van der Waals surface area contributed by atoms with Crippen LogP contribution in [0.15, 0.2) is 36.4 Å². The largest absolute Gasteiger partial charge is 0.490 e. The number of nitrogens with one attached hydrogen (secondary N) is 2. The van der Waals surface area contributed by atoms with Gasteiger partial charge in [0.2, 0.25) is 0 Å². The molecule has 0 bridgehead atoms. The molecule has 2 aliphatic rings. The van der Waals surface area contributed by atoms with Crippen LogP contribution in [0.3, 0.4) is 0 Å². The first kappa shape index (κ1) is 17.9. The van der Waals surface area contributed by atoms with Crippen LogP contribution in [0.2, 0.25) is 0 Å². The van der Waals surface area contributed by atoms with Crippen molar-refractivity contribution in [3.8, 4) is 5.75 Å². The highest BCUT2D eigenvalue weighted by Crippen LogP contribution is 2.38. The van der Waals surface area contributed by atoms with E-state index in [9.17, 15) is 0 Å². The monoisotopic (exact) mass is 386 g/mol. The summed E-state index contributed by atoms with van der Waals surface area (Å²) in [5, 5.41) is 6.52. The average molecular weight is 387 g/mol. The summed E-state index contributed by atoms with van der Waals surface area (Å²) in [6.07, 6.45) is 0. The molecule has 6 N–H and O–H groups in total. The molecule has 0 saturated carbocycles. The summed E-state index contributed by atoms with van der Waals surface area (Å²) in [4.78, 5) is 4.71. The zero-order chi connectivity index (χ0) is 18.8. The summed E-state index contributed by atoms with van der Waals surface area (Å²) >= 11 is 4.40. The van der Waals surface area contributed by atoms with Gasteiger partial charge >= 0.3 is 0 Å². The van der Waals surface area contributed by atoms with Gasteiger partial charge in [-0.25, -0.2) is 0 Å². The molecule has 0 radical (unpaired) electrons. The highest BCUT2D eigenvalue weighted by Gasteiger charge is 2.21. The van der Waals surface area contributed by atoms with Crippen LogP contribution < -0.4 is 31.7 Å². The van der Waals surface area contributed by atoms with Crippen molar-refractivity contribution < 1.29 is 4.74 Å². The second-order valence-corrected chi connectivity index (χ2v) is 7.34. The minimum absolute atomic E-state index is 0.0720. The number of thiol groups is 1. The molecule has 2 aromatic carbocycles. The lowest BCUT2D eigenvalue weighted by molar-refractivity contribution is 0.201. The van der Waals surface area contributed by atoms with Crippen LogP contribution in [-0.4, -0.2) is 49.7 Å². The van der Waals surface area contributed by atoms with Gasteiger partial charge < -0.3 is 31.7 Å². The van der Waals surface area contributed by atoms with Gasteiger partial charge in [-0.15, -0.1) is 12.6 Å². The lowest BCUT2D eigenvalue weighted by Crippen LogP contribution is -2.47. The fourth-order valence-electron chi connectivity index (χ4n) is 3.58. The van der Waals surface area contributed by atoms with E-state index in [1.54, 1.807) is 0 Å². The molecular formula is C19H26N6OS. The predicted molar refractivity (Wildman–Crippen MR) is 116 cm³/mol. The molecule has 27 heavy (non-hydrogen) atoms. The van der Waals surface area contributed by atoms with Crippen LogP contribution in [0, 0.1) is 0 Å². The minimum Gasteiger partial charge on any atom is -0.490 e. The third kappa shape index (κ3) is 3.81. The van der Waals surface area contributed by atoms with E-state index in [-0.39, 0.29) is 5.50 Å². The standard InChI is InChI=1S/C19H26N6OS/c20-13-3-1-5-15(17(13)21)25-9-7-24(8-10-25)11-12-26-16-6-2-4-14-18(16)23-19(27)22-14/h1-6,19,22-23,27H,7-12,20-21H2. The Labute approximate surface area is 165 Å². The Hall–Kier alpha value is -2.45. The zero-order valence-corrected chi connectivity index (χ0v) is 16.1. The maximum absolute atomic E-state index is 6.13. The van der Waals surface area contributed by atoms with Crippen LogP contribution in [-0.2, 0) is 0 Å². The molecule has 8 heteroatoms. The lowest BCUT2D eigenvalue weighted by Gasteiger charge is -2.36. The van der Waals surface area contributed by atoms with Crippen LogP contribution in [0.1, 0.15) is 0 Å². The van der Waals surface area contributed by atoms with Crippen molar-refractivity contribution in [1.82, 2.24) is 4.90 Å². The van der Waals surface area contributed by atoms with Crippen LogP contribution in [0.4, 0.5) is 28.4 Å². The van der Waals surface area contributed by atoms with E-state index in [2.05, 4.69) is 33.1 Å². The molecule has 1 fully saturated rings. The van der Waals surface area contributed by atoms with Gasteiger partial charge in [-0.3, -0.25) is 4.90 Å². The van der Waals surface area contributed by atoms with Crippen LogP contribution in [0.5, 0.6) is 5.75 Å². The topological polar surface area (TPSA) is 91.8 Å². The molecular weight excluding hydrogens is 360 g/mol. The molecule has 0 spiro atoms. The number of hydrogen-bond donors (Lipinski definition) is 5. The number of nitrogens with two attached hydrogens (primary N) is 2. The van der Waals surface area contributed by atoms with Gasteiger partial charge in [-0.1, -0.05) is 12.1 Å². The quantitative estimate of drug-likeness (QED) is 0.397. The first-order chi connectivity index (χ1) is 13.1. The lowest BCUT2D eigenvalue weighted by atomic mass is 10.2. The average Bonchev–Trinajstić information content (AvgIpc) is 3.06. The molecule has 2 heterocycles. The van der Waals surface area contributed by atoms with Crippen LogP contribution in [0.25, 0.3) is 0 Å². The van der Waals surface area contributed by atoms with E-state index in [0.29, 0.717) is 18.0 Å². The maximum atomic E-state index is 6.13. The van der Waals surface area contributed by atoms with Crippen molar-refractivity contribution in [1.29, 1.82) is 0 Å². The Morgan fingerprint density at radius 3 is 2.63 bits per heavy atom. The number of piperazine rings is 1. The van der Waals surface area contributed by atoms with E-state index in [4.69, 9.17) is 16.2 Å². The van der Waals surface area contributed by atoms with E-state index in [0.717, 1.165) is 55.5 Å². The van der Waals surface area contributed by atoms with Crippen LogP contribution >= 0.6 is 12.6 Å². The third-order valence-electron chi connectivity index (χ3n) is 5.09. The Morgan fingerprint density at radius 2 is 1.81 bits per heavy atom. The van der Waals surface area contributed by atoms with Crippen molar-refractivity contribution in [2.24, 2.45) is 0 Å². The van der Waals surface area contributed by atoms with Crippen molar-refractivity contribution >= 4 is 41.1 Å². The number of nitrogen functional groups attached to an aromatic ring is 2. The molecule has 1 saturated heterocycles. The van der Waals surface area contributed by atoms with E-state index in [1.165, 1.54) is 0 Å². The van der Waals surface area contributed by atoms with Gasteiger partial charge in [0, 0.05) is 32.7 Å². The van der Waals surface area contributed by atoms with E-state index < -0.39 is 0 Å². The van der Waals surface area contributed by atoms with E-state index >= 15 is 0 Å². The first-order valence-electron chi connectivity index (χ1n) is 9.20. The number of ether oxygens (including phenoxy) is 1. The molecule has 144 valence electrons. The third-order valence-corrected chi connectivity index (χ3v) is 5.35. The van der Waals surface area contributed by atoms with Crippen molar-refractivity contribution in [3.05, 3.63) is 36.4 Å². The number of para-hydroxylation sites is 2. The summed E-state index contributed by atoms with van der Waals surface area (Å²) in [6.45, 7) is 5.35. The first-order valence-corrected chi connectivity index (χ1v) is 9.71. The van der Waals surface area contributed by atoms with Crippen molar-refractivity contribution in [2.75, 3.05) is 66.3 Å². The highest BCUT2D eigenvalue weighted by atomic mass is 32.1. The summed E-state index contributed by atoms with van der Waals surface area (Å²) < 4.78 is 6.02. The van der Waals surface area contributed by atoms with Gasteiger partial charge in [0.1, 0.15) is 23.5 Å².